The van der Waals surface area contributed by atoms with E-state index in [2.05, 4.69) is 115 Å². The molecule has 2 heteroatoms. The van der Waals surface area contributed by atoms with Gasteiger partial charge in [-0.3, -0.25) is 0 Å². The molecule has 0 atom stereocenters. The van der Waals surface area contributed by atoms with Crippen LogP contribution in [0.3, 0.4) is 0 Å². The zero-order valence-electron chi connectivity index (χ0n) is 19.0. The lowest BCUT2D eigenvalue weighted by molar-refractivity contribution is 0.0516. The minimum absolute atomic E-state index is 0.196. The third-order valence-corrected chi connectivity index (χ3v) is 6.46. The maximum atomic E-state index is 6.14. The molecule has 0 unspecified atom stereocenters. The van der Waals surface area contributed by atoms with Crippen molar-refractivity contribution in [2.45, 2.75) is 0 Å². The van der Waals surface area contributed by atoms with Gasteiger partial charge in [0.25, 0.3) is 0 Å². The standard InChI is InChI=1S/C32H24O2/c1-33-21-34-30-19-17-24-10-5-7-13-28(24)32(30)31-27-12-6-4-9-23(27)16-18-29(31)26-15-14-22-8-2-3-11-25(22)20-26/h2-20H,21H2,1H3. The van der Waals surface area contributed by atoms with Crippen molar-refractivity contribution in [3.8, 4) is 28.0 Å². The van der Waals surface area contributed by atoms with E-state index >= 15 is 0 Å². The second-order valence-electron chi connectivity index (χ2n) is 8.48. The molecule has 0 aliphatic rings. The summed E-state index contributed by atoms with van der Waals surface area (Å²) in [6.45, 7) is 0.196. The first-order chi connectivity index (χ1) is 16.8. The number of hydrogen-bond acceptors (Lipinski definition) is 2. The third kappa shape index (κ3) is 3.49. The van der Waals surface area contributed by atoms with E-state index in [0.29, 0.717) is 0 Å². The molecule has 0 saturated heterocycles. The molecule has 6 aromatic rings. The summed E-state index contributed by atoms with van der Waals surface area (Å²) in [5, 5.41) is 7.21. The van der Waals surface area contributed by atoms with Gasteiger partial charge in [-0.2, -0.15) is 0 Å². The van der Waals surface area contributed by atoms with Gasteiger partial charge in [-0.25, -0.2) is 0 Å². The minimum Gasteiger partial charge on any atom is -0.467 e. The minimum atomic E-state index is 0.196. The van der Waals surface area contributed by atoms with Gasteiger partial charge in [0, 0.05) is 18.2 Å². The molecule has 2 nitrogen and oxygen atoms in total. The largest absolute Gasteiger partial charge is 0.467 e. The summed E-state index contributed by atoms with van der Waals surface area (Å²) in [6.07, 6.45) is 0. The fraction of sp³-hybridized carbons (Fsp3) is 0.0625. The summed E-state index contributed by atoms with van der Waals surface area (Å²) in [6, 6.07) is 40.9. The molecule has 0 radical (unpaired) electrons. The summed E-state index contributed by atoms with van der Waals surface area (Å²) in [5.41, 5.74) is 4.64. The predicted octanol–water partition coefficient (Wildman–Crippen LogP) is 8.46. The molecule has 0 saturated carbocycles. The lowest BCUT2D eigenvalue weighted by atomic mass is 9.86. The molecule has 6 rings (SSSR count). The van der Waals surface area contributed by atoms with Crippen LogP contribution in [0.5, 0.6) is 5.75 Å². The SMILES string of the molecule is COCOc1ccc2ccccc2c1-c1c(-c2ccc3ccccc3c2)ccc2ccccc12. The van der Waals surface area contributed by atoms with Crippen LogP contribution < -0.4 is 4.74 Å². The monoisotopic (exact) mass is 440 g/mol. The molecule has 164 valence electrons. The lowest BCUT2D eigenvalue weighted by Crippen LogP contribution is -2.01. The summed E-state index contributed by atoms with van der Waals surface area (Å²) in [7, 11) is 1.65. The normalized spacial score (nSPS) is 11.3. The maximum absolute atomic E-state index is 6.14. The zero-order valence-corrected chi connectivity index (χ0v) is 19.0. The number of benzene rings is 6. The van der Waals surface area contributed by atoms with E-state index in [-0.39, 0.29) is 6.79 Å². The van der Waals surface area contributed by atoms with Crippen molar-refractivity contribution in [3.05, 3.63) is 115 Å². The van der Waals surface area contributed by atoms with Crippen LogP contribution in [0.15, 0.2) is 115 Å². The molecular formula is C32H24O2. The van der Waals surface area contributed by atoms with E-state index in [1.54, 1.807) is 7.11 Å². The average Bonchev–Trinajstić information content (AvgIpc) is 2.90. The van der Waals surface area contributed by atoms with Gasteiger partial charge in [0.1, 0.15) is 5.75 Å². The highest BCUT2D eigenvalue weighted by Gasteiger charge is 2.19. The molecule has 34 heavy (non-hydrogen) atoms. The van der Waals surface area contributed by atoms with E-state index in [0.717, 1.165) is 16.7 Å². The van der Waals surface area contributed by atoms with Crippen LogP contribution in [0.4, 0.5) is 0 Å². The average molecular weight is 441 g/mol. The second-order valence-corrected chi connectivity index (χ2v) is 8.48. The van der Waals surface area contributed by atoms with E-state index in [1.807, 2.05) is 0 Å². The van der Waals surface area contributed by atoms with Crippen LogP contribution in [-0.2, 0) is 4.74 Å². The Hall–Kier alpha value is -4.14. The first-order valence-electron chi connectivity index (χ1n) is 11.5. The highest BCUT2D eigenvalue weighted by atomic mass is 16.7. The van der Waals surface area contributed by atoms with Crippen LogP contribution in [0.1, 0.15) is 0 Å². The van der Waals surface area contributed by atoms with Gasteiger partial charge in [0.15, 0.2) is 6.79 Å². The first kappa shape index (κ1) is 20.5. The molecule has 0 aromatic heterocycles. The summed E-state index contributed by atoms with van der Waals surface area (Å²) < 4.78 is 11.4. The van der Waals surface area contributed by atoms with Gasteiger partial charge >= 0.3 is 0 Å². The van der Waals surface area contributed by atoms with E-state index in [4.69, 9.17) is 9.47 Å². The van der Waals surface area contributed by atoms with Crippen LogP contribution in [0.2, 0.25) is 0 Å². The number of ether oxygens (including phenoxy) is 2. The van der Waals surface area contributed by atoms with E-state index < -0.39 is 0 Å². The highest BCUT2D eigenvalue weighted by Crippen LogP contribution is 2.46. The molecule has 0 bridgehead atoms. The molecule has 6 aromatic carbocycles. The quantitative estimate of drug-likeness (QED) is 0.250. The molecule has 0 aliphatic heterocycles. The van der Waals surface area contributed by atoms with Gasteiger partial charge in [0.2, 0.25) is 0 Å². The third-order valence-electron chi connectivity index (χ3n) is 6.46. The van der Waals surface area contributed by atoms with Crippen molar-refractivity contribution in [3.63, 3.8) is 0 Å². The van der Waals surface area contributed by atoms with Gasteiger partial charge in [-0.15, -0.1) is 0 Å². The van der Waals surface area contributed by atoms with Gasteiger partial charge < -0.3 is 9.47 Å². The summed E-state index contributed by atoms with van der Waals surface area (Å²) in [4.78, 5) is 0. The molecular weight excluding hydrogens is 416 g/mol. The molecule has 0 spiro atoms. The highest BCUT2D eigenvalue weighted by molar-refractivity contribution is 6.12. The number of fused-ring (bicyclic) bond motifs is 3. The zero-order chi connectivity index (χ0) is 22.9. The topological polar surface area (TPSA) is 18.5 Å². The van der Waals surface area contributed by atoms with Crippen LogP contribution in [0.25, 0.3) is 54.6 Å². The predicted molar refractivity (Wildman–Crippen MR) is 142 cm³/mol. The van der Waals surface area contributed by atoms with Crippen molar-refractivity contribution in [2.24, 2.45) is 0 Å². The van der Waals surface area contributed by atoms with E-state index in [1.165, 1.54) is 43.6 Å². The maximum Gasteiger partial charge on any atom is 0.188 e. The second kappa shape index (κ2) is 8.66. The van der Waals surface area contributed by atoms with Gasteiger partial charge in [-0.05, 0) is 55.6 Å². The fourth-order valence-electron chi connectivity index (χ4n) is 4.89. The Morgan fingerprint density at radius 2 is 1.12 bits per heavy atom. The Morgan fingerprint density at radius 1 is 0.529 bits per heavy atom. The summed E-state index contributed by atoms with van der Waals surface area (Å²) in [5.74, 6) is 0.818. The fourth-order valence-corrected chi connectivity index (χ4v) is 4.89. The molecule has 0 fully saturated rings. The van der Waals surface area contributed by atoms with Crippen LogP contribution >= 0.6 is 0 Å². The molecule has 0 N–H and O–H groups in total. The van der Waals surface area contributed by atoms with Gasteiger partial charge in [0.05, 0.1) is 0 Å². The Kier molecular flexibility index (Phi) is 5.21. The van der Waals surface area contributed by atoms with Crippen LogP contribution in [-0.4, -0.2) is 13.9 Å². The van der Waals surface area contributed by atoms with Crippen molar-refractivity contribution in [1.29, 1.82) is 0 Å². The number of methoxy groups -OCH3 is 1. The van der Waals surface area contributed by atoms with E-state index in [9.17, 15) is 0 Å². The molecule has 0 heterocycles. The van der Waals surface area contributed by atoms with Gasteiger partial charge in [-0.1, -0.05) is 103 Å². The molecule has 0 amide bonds. The number of rotatable bonds is 5. The Balaban J connectivity index is 1.73. The Labute approximate surface area is 199 Å². The first-order valence-corrected chi connectivity index (χ1v) is 11.5. The number of hydrogen-bond donors (Lipinski definition) is 0. The Bertz CT molecular complexity index is 1650. The smallest absolute Gasteiger partial charge is 0.188 e. The van der Waals surface area contributed by atoms with Crippen molar-refractivity contribution < 1.29 is 9.47 Å². The van der Waals surface area contributed by atoms with Crippen molar-refractivity contribution >= 4 is 32.3 Å². The van der Waals surface area contributed by atoms with Crippen molar-refractivity contribution in [1.82, 2.24) is 0 Å². The lowest BCUT2D eigenvalue weighted by Gasteiger charge is -2.20. The Morgan fingerprint density at radius 3 is 1.85 bits per heavy atom. The van der Waals surface area contributed by atoms with Crippen LogP contribution in [0, 0.1) is 0 Å². The van der Waals surface area contributed by atoms with Crippen molar-refractivity contribution in [2.75, 3.05) is 13.9 Å². The molecule has 0 aliphatic carbocycles. The summed E-state index contributed by atoms with van der Waals surface area (Å²) >= 11 is 0.